The third kappa shape index (κ3) is 4.03. The van der Waals surface area contributed by atoms with Crippen molar-refractivity contribution in [3.05, 3.63) is 39.6 Å². The number of allylic oxidation sites excluding steroid dienone is 2. The molecule has 0 aliphatic carbocycles. The van der Waals surface area contributed by atoms with Gasteiger partial charge in [-0.1, -0.05) is 19.1 Å². The summed E-state index contributed by atoms with van der Waals surface area (Å²) < 4.78 is 1.67. The summed E-state index contributed by atoms with van der Waals surface area (Å²) in [5.41, 5.74) is 2.09. The molecule has 2 heterocycles. The molecule has 1 aromatic rings. The van der Waals surface area contributed by atoms with E-state index in [1.165, 1.54) is 6.42 Å². The minimum absolute atomic E-state index is 0.144. The van der Waals surface area contributed by atoms with Gasteiger partial charge in [-0.05, 0) is 39.2 Å². The van der Waals surface area contributed by atoms with Gasteiger partial charge in [0.15, 0.2) is 0 Å². The number of fused-ring (bicyclic) bond motifs is 1. The lowest BCUT2D eigenvalue weighted by molar-refractivity contribution is 0.284. The zero-order valence-electron chi connectivity index (χ0n) is 13.6. The normalized spacial score (nSPS) is 16.1. The molecule has 0 saturated carbocycles. The van der Waals surface area contributed by atoms with Crippen LogP contribution < -0.4 is 5.56 Å². The van der Waals surface area contributed by atoms with E-state index >= 15 is 0 Å². The smallest absolute Gasteiger partial charge is 0.256 e. The SMILES string of the molecule is CC/C=C\CCCN1CCc2nc(C)n(C)c(=O)c2CC1. The number of nitrogens with zero attached hydrogens (tertiary/aromatic N) is 3. The predicted octanol–water partition coefficient (Wildman–Crippen LogP) is 2.24. The van der Waals surface area contributed by atoms with Crippen molar-refractivity contribution in [2.45, 2.75) is 46.0 Å². The van der Waals surface area contributed by atoms with E-state index in [4.69, 9.17) is 0 Å². The van der Waals surface area contributed by atoms with Crippen LogP contribution in [0.15, 0.2) is 16.9 Å². The van der Waals surface area contributed by atoms with Gasteiger partial charge >= 0.3 is 0 Å². The molecule has 4 heteroatoms. The van der Waals surface area contributed by atoms with Gasteiger partial charge in [0.05, 0.1) is 5.69 Å². The highest BCUT2D eigenvalue weighted by Gasteiger charge is 2.18. The van der Waals surface area contributed by atoms with Crippen molar-refractivity contribution in [3.8, 4) is 0 Å². The minimum Gasteiger partial charge on any atom is -0.303 e. The maximum absolute atomic E-state index is 12.3. The molecular formula is C17H27N3O. The minimum atomic E-state index is 0.144. The summed E-state index contributed by atoms with van der Waals surface area (Å²) >= 11 is 0. The number of hydrogen-bond donors (Lipinski definition) is 0. The zero-order chi connectivity index (χ0) is 15.2. The number of hydrogen-bond acceptors (Lipinski definition) is 3. The first-order valence-electron chi connectivity index (χ1n) is 8.06. The van der Waals surface area contributed by atoms with E-state index in [0.29, 0.717) is 0 Å². The average molecular weight is 289 g/mol. The Kier molecular flexibility index (Phi) is 5.74. The zero-order valence-corrected chi connectivity index (χ0v) is 13.6. The molecule has 0 radical (unpaired) electrons. The highest BCUT2D eigenvalue weighted by atomic mass is 16.1. The number of aryl methyl sites for hydroxylation is 1. The van der Waals surface area contributed by atoms with Gasteiger partial charge in [0, 0.05) is 32.1 Å². The Morgan fingerprint density at radius 1 is 1.24 bits per heavy atom. The van der Waals surface area contributed by atoms with Crippen LogP contribution >= 0.6 is 0 Å². The van der Waals surface area contributed by atoms with Crippen LogP contribution in [0.4, 0.5) is 0 Å². The molecular weight excluding hydrogens is 262 g/mol. The molecule has 0 amide bonds. The second-order valence-corrected chi connectivity index (χ2v) is 5.81. The molecule has 0 fully saturated rings. The van der Waals surface area contributed by atoms with Crippen molar-refractivity contribution in [3.63, 3.8) is 0 Å². The number of unbranched alkanes of at least 4 members (excludes halogenated alkanes) is 1. The lowest BCUT2D eigenvalue weighted by Gasteiger charge is -2.18. The molecule has 116 valence electrons. The van der Waals surface area contributed by atoms with Crippen molar-refractivity contribution in [2.75, 3.05) is 19.6 Å². The van der Waals surface area contributed by atoms with E-state index < -0.39 is 0 Å². The van der Waals surface area contributed by atoms with Gasteiger partial charge in [-0.3, -0.25) is 9.36 Å². The molecule has 0 aromatic carbocycles. The molecule has 4 nitrogen and oxygen atoms in total. The summed E-state index contributed by atoms with van der Waals surface area (Å²) in [7, 11) is 1.81. The van der Waals surface area contributed by atoms with E-state index in [0.717, 1.165) is 62.4 Å². The van der Waals surface area contributed by atoms with Crippen LogP contribution in [0.5, 0.6) is 0 Å². The Bertz CT molecular complexity index is 560. The van der Waals surface area contributed by atoms with E-state index in [-0.39, 0.29) is 5.56 Å². The molecule has 21 heavy (non-hydrogen) atoms. The predicted molar refractivity (Wildman–Crippen MR) is 86.7 cm³/mol. The van der Waals surface area contributed by atoms with Gasteiger partial charge in [-0.25, -0.2) is 4.98 Å². The van der Waals surface area contributed by atoms with Gasteiger partial charge in [-0.2, -0.15) is 0 Å². The van der Waals surface area contributed by atoms with E-state index in [1.807, 2.05) is 14.0 Å². The Morgan fingerprint density at radius 2 is 2.00 bits per heavy atom. The monoisotopic (exact) mass is 289 g/mol. The maximum atomic E-state index is 12.3. The largest absolute Gasteiger partial charge is 0.303 e. The molecule has 0 atom stereocenters. The fourth-order valence-corrected chi connectivity index (χ4v) is 2.86. The topological polar surface area (TPSA) is 38.1 Å². The summed E-state index contributed by atoms with van der Waals surface area (Å²) in [6.45, 7) is 7.18. The molecule has 0 unspecified atom stereocenters. The Balaban J connectivity index is 1.96. The molecule has 2 rings (SSSR count). The summed E-state index contributed by atoms with van der Waals surface area (Å²) in [6, 6.07) is 0. The third-order valence-corrected chi connectivity index (χ3v) is 4.28. The molecule has 0 saturated heterocycles. The fourth-order valence-electron chi connectivity index (χ4n) is 2.86. The van der Waals surface area contributed by atoms with Gasteiger partial charge in [0.25, 0.3) is 5.56 Å². The number of rotatable bonds is 5. The summed E-state index contributed by atoms with van der Waals surface area (Å²) in [6.07, 6.45) is 9.69. The average Bonchev–Trinajstić information content (AvgIpc) is 2.67. The number of aromatic nitrogens is 2. The first kappa shape index (κ1) is 16.0. The van der Waals surface area contributed by atoms with Crippen LogP contribution in [0.3, 0.4) is 0 Å². The van der Waals surface area contributed by atoms with Crippen molar-refractivity contribution in [1.82, 2.24) is 14.5 Å². The molecule has 1 aliphatic heterocycles. The molecule has 1 aromatic heterocycles. The van der Waals surface area contributed by atoms with Gasteiger partial charge in [0.2, 0.25) is 0 Å². The van der Waals surface area contributed by atoms with Crippen molar-refractivity contribution >= 4 is 0 Å². The first-order valence-corrected chi connectivity index (χ1v) is 8.06. The Morgan fingerprint density at radius 3 is 2.76 bits per heavy atom. The standard InChI is InChI=1S/C17H27N3O/c1-4-5-6-7-8-11-20-12-9-15-16(10-13-20)18-14(2)19(3)17(15)21/h5-6H,4,7-13H2,1-3H3/b6-5-. The van der Waals surface area contributed by atoms with Gasteiger partial charge < -0.3 is 4.90 Å². The second kappa shape index (κ2) is 7.55. The summed E-state index contributed by atoms with van der Waals surface area (Å²) in [5, 5.41) is 0. The molecule has 0 N–H and O–H groups in total. The van der Waals surface area contributed by atoms with Crippen molar-refractivity contribution in [2.24, 2.45) is 7.05 Å². The van der Waals surface area contributed by atoms with E-state index in [2.05, 4.69) is 29.0 Å². The maximum Gasteiger partial charge on any atom is 0.256 e. The van der Waals surface area contributed by atoms with Crippen LogP contribution in [0.1, 0.15) is 43.3 Å². The highest BCUT2D eigenvalue weighted by Crippen LogP contribution is 2.12. The van der Waals surface area contributed by atoms with Crippen LogP contribution in [0.2, 0.25) is 0 Å². The van der Waals surface area contributed by atoms with Crippen LogP contribution in [-0.4, -0.2) is 34.1 Å². The highest BCUT2D eigenvalue weighted by molar-refractivity contribution is 5.21. The molecule has 1 aliphatic rings. The lowest BCUT2D eigenvalue weighted by atomic mass is 10.1. The Labute approximate surface area is 127 Å². The van der Waals surface area contributed by atoms with E-state index in [1.54, 1.807) is 4.57 Å². The molecule has 0 bridgehead atoms. The second-order valence-electron chi connectivity index (χ2n) is 5.81. The van der Waals surface area contributed by atoms with Crippen molar-refractivity contribution in [1.29, 1.82) is 0 Å². The molecule has 0 spiro atoms. The van der Waals surface area contributed by atoms with Gasteiger partial charge in [-0.15, -0.1) is 0 Å². The third-order valence-electron chi connectivity index (χ3n) is 4.28. The quantitative estimate of drug-likeness (QED) is 0.616. The fraction of sp³-hybridized carbons (Fsp3) is 0.647. The van der Waals surface area contributed by atoms with E-state index in [9.17, 15) is 4.79 Å². The van der Waals surface area contributed by atoms with Crippen LogP contribution in [0, 0.1) is 6.92 Å². The van der Waals surface area contributed by atoms with Crippen LogP contribution in [-0.2, 0) is 19.9 Å². The van der Waals surface area contributed by atoms with Crippen molar-refractivity contribution < 1.29 is 0 Å². The summed E-state index contributed by atoms with van der Waals surface area (Å²) in [4.78, 5) is 19.4. The lowest BCUT2D eigenvalue weighted by Crippen LogP contribution is -2.28. The summed E-state index contributed by atoms with van der Waals surface area (Å²) in [5.74, 6) is 0.817. The Hall–Kier alpha value is -1.42. The first-order chi connectivity index (χ1) is 10.1. The van der Waals surface area contributed by atoms with Crippen LogP contribution in [0.25, 0.3) is 0 Å². The van der Waals surface area contributed by atoms with Gasteiger partial charge in [0.1, 0.15) is 5.82 Å².